The fourth-order valence-electron chi connectivity index (χ4n) is 0.803. The van der Waals surface area contributed by atoms with E-state index in [4.69, 9.17) is 33.0 Å². The van der Waals surface area contributed by atoms with E-state index in [0.717, 1.165) is 25.7 Å². The van der Waals surface area contributed by atoms with Gasteiger partial charge in [0.2, 0.25) is 4.84 Å². The van der Waals surface area contributed by atoms with E-state index in [1.807, 2.05) is 0 Å². The Morgan fingerprint density at radius 1 is 1.23 bits per heavy atom. The van der Waals surface area contributed by atoms with Gasteiger partial charge in [0, 0.05) is 6.61 Å². The number of hydrogen-bond donors (Lipinski definition) is 1. The summed E-state index contributed by atoms with van der Waals surface area (Å²) in [6.07, 6.45) is 3.45. The zero-order valence-corrected chi connectivity index (χ0v) is 8.85. The Kier molecular flexibility index (Phi) is 8.61. The topological polar surface area (TPSA) is 46.5 Å². The largest absolute Gasteiger partial charge is 0.464 e. The molecular weight excluding hydrogens is 215 g/mol. The minimum Gasteiger partial charge on any atom is -0.464 e. The average molecular weight is 229 g/mol. The first-order chi connectivity index (χ1) is 6.18. The summed E-state index contributed by atoms with van der Waals surface area (Å²) in [4.78, 5) is 9.62. The van der Waals surface area contributed by atoms with Crippen molar-refractivity contribution >= 4 is 29.2 Å². The van der Waals surface area contributed by atoms with Crippen LogP contribution in [0.5, 0.6) is 0 Å². The normalized spacial score (nSPS) is 10.5. The molecular formula is C8H14Cl2O3. The summed E-state index contributed by atoms with van der Waals surface area (Å²) in [6, 6.07) is 0. The van der Waals surface area contributed by atoms with Gasteiger partial charge in [0.1, 0.15) is 0 Å². The molecule has 0 unspecified atom stereocenters. The molecule has 0 heterocycles. The number of hydrogen-bond acceptors (Lipinski definition) is 3. The highest BCUT2D eigenvalue weighted by atomic mass is 35.5. The first-order valence-corrected chi connectivity index (χ1v) is 5.11. The quantitative estimate of drug-likeness (QED) is 0.412. The fourth-order valence-corrected chi connectivity index (χ4v) is 0.929. The predicted molar refractivity (Wildman–Crippen MR) is 52.0 cm³/mol. The molecule has 13 heavy (non-hydrogen) atoms. The summed E-state index contributed by atoms with van der Waals surface area (Å²) in [5.74, 6) is -0.592. The number of aliphatic hydroxyl groups excluding tert-OH is 1. The molecule has 0 saturated heterocycles. The second-order valence-corrected chi connectivity index (χ2v) is 3.70. The number of ether oxygens (including phenoxy) is 1. The van der Waals surface area contributed by atoms with Crippen molar-refractivity contribution in [1.29, 1.82) is 0 Å². The molecule has 3 nitrogen and oxygen atoms in total. The number of unbranched alkanes of at least 4 members (excludes halogenated alkanes) is 3. The standard InChI is InChI=1S/C8H14Cl2O3/c9-7(10)8(12)13-6-4-2-1-3-5-11/h7,11H,1-6H2. The van der Waals surface area contributed by atoms with E-state index in [9.17, 15) is 4.79 Å². The monoisotopic (exact) mass is 228 g/mol. The molecule has 5 heteroatoms. The summed E-state index contributed by atoms with van der Waals surface area (Å²) in [6.45, 7) is 0.561. The third-order valence-electron chi connectivity index (χ3n) is 1.47. The van der Waals surface area contributed by atoms with E-state index >= 15 is 0 Å². The molecule has 0 aliphatic carbocycles. The molecule has 0 aromatic carbocycles. The summed E-state index contributed by atoms with van der Waals surface area (Å²) in [7, 11) is 0. The van der Waals surface area contributed by atoms with Gasteiger partial charge in [-0.05, 0) is 19.3 Å². The van der Waals surface area contributed by atoms with Crippen molar-refractivity contribution in [2.24, 2.45) is 0 Å². The van der Waals surface area contributed by atoms with Crippen LogP contribution >= 0.6 is 23.2 Å². The summed E-state index contributed by atoms with van der Waals surface area (Å²) in [5.41, 5.74) is 0. The molecule has 0 aromatic heterocycles. The number of aliphatic hydroxyl groups is 1. The van der Waals surface area contributed by atoms with Crippen molar-refractivity contribution in [3.05, 3.63) is 0 Å². The highest BCUT2D eigenvalue weighted by Gasteiger charge is 2.11. The Hall–Kier alpha value is 0.01000. The summed E-state index contributed by atoms with van der Waals surface area (Å²) < 4.78 is 4.72. The minimum absolute atomic E-state index is 0.214. The lowest BCUT2D eigenvalue weighted by Crippen LogP contribution is -2.13. The van der Waals surface area contributed by atoms with Crippen molar-refractivity contribution < 1.29 is 14.6 Å². The zero-order chi connectivity index (χ0) is 10.1. The van der Waals surface area contributed by atoms with Gasteiger partial charge in [-0.15, -0.1) is 0 Å². The van der Waals surface area contributed by atoms with Crippen LogP contribution in [0, 0.1) is 0 Å². The molecule has 0 aromatic rings. The molecule has 78 valence electrons. The number of alkyl halides is 2. The van der Waals surface area contributed by atoms with Crippen molar-refractivity contribution in [2.75, 3.05) is 13.2 Å². The van der Waals surface area contributed by atoms with E-state index in [-0.39, 0.29) is 6.61 Å². The molecule has 0 amide bonds. The molecule has 0 aliphatic heterocycles. The van der Waals surface area contributed by atoms with Crippen LogP contribution in [0.3, 0.4) is 0 Å². The van der Waals surface area contributed by atoms with Gasteiger partial charge in [-0.3, -0.25) is 0 Å². The predicted octanol–water partition coefficient (Wildman–Crippen LogP) is 1.89. The van der Waals surface area contributed by atoms with Crippen molar-refractivity contribution in [1.82, 2.24) is 0 Å². The lowest BCUT2D eigenvalue weighted by Gasteiger charge is -2.04. The Balaban J connectivity index is 3.12. The van der Waals surface area contributed by atoms with Gasteiger partial charge in [-0.2, -0.15) is 0 Å². The van der Waals surface area contributed by atoms with Crippen LogP contribution in [0.15, 0.2) is 0 Å². The van der Waals surface area contributed by atoms with Gasteiger partial charge < -0.3 is 9.84 Å². The first kappa shape index (κ1) is 13.0. The van der Waals surface area contributed by atoms with Crippen LogP contribution in [0.4, 0.5) is 0 Å². The Bertz CT molecular complexity index is 139. The molecule has 1 N–H and O–H groups in total. The maximum atomic E-state index is 10.7. The number of esters is 1. The average Bonchev–Trinajstić information content (AvgIpc) is 2.10. The number of halogens is 2. The zero-order valence-electron chi connectivity index (χ0n) is 7.34. The van der Waals surface area contributed by atoms with Crippen LogP contribution in [0.25, 0.3) is 0 Å². The highest BCUT2D eigenvalue weighted by molar-refractivity contribution is 6.52. The van der Waals surface area contributed by atoms with E-state index in [0.29, 0.717) is 6.61 Å². The molecule has 0 atom stereocenters. The molecule has 0 radical (unpaired) electrons. The lowest BCUT2D eigenvalue weighted by molar-refractivity contribution is -0.141. The van der Waals surface area contributed by atoms with Crippen molar-refractivity contribution in [2.45, 2.75) is 30.5 Å². The van der Waals surface area contributed by atoms with E-state index in [1.165, 1.54) is 0 Å². The highest BCUT2D eigenvalue weighted by Crippen LogP contribution is 2.05. The van der Waals surface area contributed by atoms with Crippen LogP contribution < -0.4 is 0 Å². The Labute approximate surface area is 88.0 Å². The number of carbonyl (C=O) groups excluding carboxylic acids is 1. The maximum Gasteiger partial charge on any atom is 0.339 e. The summed E-state index contributed by atoms with van der Waals surface area (Å²) in [5, 5.41) is 8.46. The van der Waals surface area contributed by atoms with Crippen LogP contribution in [-0.4, -0.2) is 29.1 Å². The third-order valence-corrected chi connectivity index (χ3v) is 1.83. The fraction of sp³-hybridized carbons (Fsp3) is 0.875. The number of rotatable bonds is 7. The first-order valence-electron chi connectivity index (χ1n) is 4.24. The maximum absolute atomic E-state index is 10.7. The van der Waals surface area contributed by atoms with Crippen molar-refractivity contribution in [3.8, 4) is 0 Å². The van der Waals surface area contributed by atoms with Crippen molar-refractivity contribution in [3.63, 3.8) is 0 Å². The lowest BCUT2D eigenvalue weighted by atomic mass is 10.2. The minimum atomic E-state index is -1.09. The van der Waals surface area contributed by atoms with E-state index < -0.39 is 10.8 Å². The van der Waals surface area contributed by atoms with Gasteiger partial charge >= 0.3 is 5.97 Å². The second kappa shape index (κ2) is 8.60. The molecule has 0 bridgehead atoms. The van der Waals surface area contributed by atoms with Gasteiger partial charge in [-0.1, -0.05) is 29.6 Å². The smallest absolute Gasteiger partial charge is 0.339 e. The van der Waals surface area contributed by atoms with Gasteiger partial charge in [0.15, 0.2) is 0 Å². The van der Waals surface area contributed by atoms with Crippen LogP contribution in [-0.2, 0) is 9.53 Å². The number of carbonyl (C=O) groups is 1. The van der Waals surface area contributed by atoms with E-state index in [2.05, 4.69) is 0 Å². The van der Waals surface area contributed by atoms with E-state index in [1.54, 1.807) is 0 Å². The third kappa shape index (κ3) is 8.34. The van der Waals surface area contributed by atoms with Crippen LogP contribution in [0.2, 0.25) is 0 Å². The second-order valence-electron chi connectivity index (χ2n) is 2.61. The van der Waals surface area contributed by atoms with Crippen LogP contribution in [0.1, 0.15) is 25.7 Å². The molecule has 0 aliphatic rings. The summed E-state index contributed by atoms with van der Waals surface area (Å²) >= 11 is 10.5. The van der Waals surface area contributed by atoms with Gasteiger partial charge in [0.25, 0.3) is 0 Å². The molecule has 0 spiro atoms. The van der Waals surface area contributed by atoms with Gasteiger partial charge in [-0.25, -0.2) is 4.79 Å². The Morgan fingerprint density at radius 3 is 2.38 bits per heavy atom. The molecule has 0 rings (SSSR count). The SMILES string of the molecule is O=C(OCCCCCCO)C(Cl)Cl. The Morgan fingerprint density at radius 2 is 1.85 bits per heavy atom. The molecule has 0 saturated carbocycles. The van der Waals surface area contributed by atoms with Gasteiger partial charge in [0.05, 0.1) is 6.61 Å². The molecule has 0 fully saturated rings.